The highest BCUT2D eigenvalue weighted by molar-refractivity contribution is 5.89. The molecule has 0 spiro atoms. The van der Waals surface area contributed by atoms with E-state index < -0.39 is 0 Å². The summed E-state index contributed by atoms with van der Waals surface area (Å²) in [4.78, 5) is 19.3. The summed E-state index contributed by atoms with van der Waals surface area (Å²) < 4.78 is 0. The van der Waals surface area contributed by atoms with Crippen LogP contribution in [-0.2, 0) is 0 Å². The molecule has 98 valence electrons. The minimum atomic E-state index is -0.221. The largest absolute Gasteiger partial charge is 0.384 e. The number of nitrogens with zero attached hydrogens (tertiary/aromatic N) is 2. The predicted molar refractivity (Wildman–Crippen MR) is 74.6 cm³/mol. The number of benzene rings is 1. The minimum Gasteiger partial charge on any atom is -0.384 e. The van der Waals surface area contributed by atoms with Gasteiger partial charge in [0, 0.05) is 23.9 Å². The van der Waals surface area contributed by atoms with Crippen LogP contribution in [0.25, 0.3) is 11.3 Å². The molecule has 0 aliphatic carbocycles. The summed E-state index contributed by atoms with van der Waals surface area (Å²) in [6.07, 6.45) is 1.42. The molecular weight excluding hydrogens is 242 g/mol. The van der Waals surface area contributed by atoms with Crippen LogP contribution in [0.15, 0.2) is 36.7 Å². The molecule has 0 aliphatic heterocycles. The molecule has 6 heteroatoms. The minimum absolute atomic E-state index is 0.221. The van der Waals surface area contributed by atoms with Crippen molar-refractivity contribution in [1.82, 2.24) is 15.3 Å². The number of rotatable bonds is 3. The van der Waals surface area contributed by atoms with Gasteiger partial charge in [0.1, 0.15) is 12.1 Å². The summed E-state index contributed by atoms with van der Waals surface area (Å²) in [5.74, 6) is 0.425. The number of nitrogens with two attached hydrogens (primary N) is 1. The fourth-order valence-electron chi connectivity index (χ4n) is 1.59. The molecule has 0 fully saturated rings. The third-order valence-corrected chi connectivity index (χ3v) is 2.46. The topological polar surface area (TPSA) is 92.9 Å². The van der Waals surface area contributed by atoms with Crippen molar-refractivity contribution in [3.8, 4) is 11.3 Å². The third kappa shape index (κ3) is 3.41. The number of aromatic nitrogens is 2. The monoisotopic (exact) mass is 257 g/mol. The van der Waals surface area contributed by atoms with Crippen LogP contribution < -0.4 is 16.4 Å². The van der Waals surface area contributed by atoms with E-state index in [1.54, 1.807) is 6.07 Å². The van der Waals surface area contributed by atoms with Gasteiger partial charge in [0.15, 0.2) is 0 Å². The summed E-state index contributed by atoms with van der Waals surface area (Å²) in [5, 5.41) is 5.39. The first-order valence-electron chi connectivity index (χ1n) is 5.92. The molecule has 6 nitrogen and oxygen atoms in total. The quantitative estimate of drug-likeness (QED) is 0.782. The van der Waals surface area contributed by atoms with Crippen molar-refractivity contribution in [1.29, 1.82) is 0 Å². The molecule has 1 heterocycles. The van der Waals surface area contributed by atoms with Crippen molar-refractivity contribution in [2.24, 2.45) is 0 Å². The summed E-state index contributed by atoms with van der Waals surface area (Å²) >= 11 is 0. The molecule has 0 aliphatic rings. The van der Waals surface area contributed by atoms with E-state index in [9.17, 15) is 4.79 Å². The Kier molecular flexibility index (Phi) is 3.92. The van der Waals surface area contributed by atoms with Crippen molar-refractivity contribution in [3.05, 3.63) is 36.7 Å². The first-order chi connectivity index (χ1) is 9.19. The Morgan fingerprint density at radius 3 is 2.63 bits per heavy atom. The maximum absolute atomic E-state index is 11.4. The van der Waals surface area contributed by atoms with Gasteiger partial charge in [-0.1, -0.05) is 12.1 Å². The van der Waals surface area contributed by atoms with Gasteiger partial charge < -0.3 is 16.4 Å². The molecule has 0 unspecified atom stereocenters. The number of carbonyl (C=O) groups is 1. The van der Waals surface area contributed by atoms with Gasteiger partial charge in [-0.3, -0.25) is 0 Å². The molecule has 0 atom stereocenters. The molecule has 0 radical (unpaired) electrons. The smallest absolute Gasteiger partial charge is 0.319 e. The van der Waals surface area contributed by atoms with Crippen LogP contribution in [0.3, 0.4) is 0 Å². The van der Waals surface area contributed by atoms with Crippen molar-refractivity contribution in [3.63, 3.8) is 0 Å². The number of amides is 2. The maximum Gasteiger partial charge on any atom is 0.319 e. The summed E-state index contributed by atoms with van der Waals surface area (Å²) in [7, 11) is 0. The van der Waals surface area contributed by atoms with Crippen LogP contribution in [0, 0.1) is 0 Å². The van der Waals surface area contributed by atoms with Crippen LogP contribution >= 0.6 is 0 Å². The summed E-state index contributed by atoms with van der Waals surface area (Å²) in [6, 6.07) is 8.83. The SMILES string of the molecule is CCNC(=O)Nc1ccc(-c2cc(N)ncn2)cc1. The van der Waals surface area contributed by atoms with Gasteiger partial charge in [-0.15, -0.1) is 0 Å². The van der Waals surface area contributed by atoms with Crippen molar-refractivity contribution in [2.45, 2.75) is 6.92 Å². The van der Waals surface area contributed by atoms with Gasteiger partial charge in [0.05, 0.1) is 5.69 Å². The van der Waals surface area contributed by atoms with Gasteiger partial charge in [-0.2, -0.15) is 0 Å². The van der Waals surface area contributed by atoms with Crippen LogP contribution in [0.1, 0.15) is 6.92 Å². The molecule has 2 amide bonds. The first-order valence-corrected chi connectivity index (χ1v) is 5.92. The Bertz CT molecular complexity index is 568. The average molecular weight is 257 g/mol. The highest BCUT2D eigenvalue weighted by Gasteiger charge is 2.02. The van der Waals surface area contributed by atoms with Crippen LogP contribution in [0.4, 0.5) is 16.3 Å². The predicted octanol–water partition coefficient (Wildman–Crippen LogP) is 1.87. The van der Waals surface area contributed by atoms with Gasteiger partial charge in [-0.25, -0.2) is 14.8 Å². The van der Waals surface area contributed by atoms with Crippen molar-refractivity contribution in [2.75, 3.05) is 17.6 Å². The lowest BCUT2D eigenvalue weighted by molar-refractivity contribution is 0.252. The van der Waals surface area contributed by atoms with E-state index in [-0.39, 0.29) is 6.03 Å². The Morgan fingerprint density at radius 1 is 1.26 bits per heavy atom. The normalized spacial score (nSPS) is 9.95. The summed E-state index contributed by atoms with van der Waals surface area (Å²) in [6.45, 7) is 2.45. The van der Waals surface area contributed by atoms with Crippen LogP contribution in [-0.4, -0.2) is 22.5 Å². The second kappa shape index (κ2) is 5.81. The van der Waals surface area contributed by atoms with E-state index in [2.05, 4.69) is 20.6 Å². The summed E-state index contributed by atoms with van der Waals surface area (Å²) in [5.41, 5.74) is 7.99. The molecule has 0 saturated heterocycles. The van der Waals surface area contributed by atoms with E-state index in [0.29, 0.717) is 12.4 Å². The Labute approximate surface area is 111 Å². The second-order valence-corrected chi connectivity index (χ2v) is 3.89. The Morgan fingerprint density at radius 2 is 2.00 bits per heavy atom. The number of urea groups is 1. The number of anilines is 2. The molecule has 0 bridgehead atoms. The maximum atomic E-state index is 11.4. The van der Waals surface area contributed by atoms with Crippen LogP contribution in [0.5, 0.6) is 0 Å². The second-order valence-electron chi connectivity index (χ2n) is 3.89. The third-order valence-electron chi connectivity index (χ3n) is 2.46. The Balaban J connectivity index is 2.12. The fraction of sp³-hybridized carbons (Fsp3) is 0.154. The van der Waals surface area contributed by atoms with Gasteiger partial charge in [0.2, 0.25) is 0 Å². The number of nitrogens with one attached hydrogen (secondary N) is 2. The molecule has 0 saturated carbocycles. The number of carbonyl (C=O) groups excluding carboxylic acids is 1. The van der Waals surface area contributed by atoms with Crippen molar-refractivity contribution >= 4 is 17.5 Å². The van der Waals surface area contributed by atoms with E-state index in [4.69, 9.17) is 5.73 Å². The fourth-order valence-corrected chi connectivity index (χ4v) is 1.59. The molecule has 2 aromatic rings. The average Bonchev–Trinajstić information content (AvgIpc) is 2.40. The molecule has 1 aromatic carbocycles. The first kappa shape index (κ1) is 12.8. The van der Waals surface area contributed by atoms with E-state index in [0.717, 1.165) is 16.9 Å². The standard InChI is InChI=1S/C13H15N5O/c1-2-15-13(19)18-10-5-3-9(4-6-10)11-7-12(14)17-8-16-11/h3-8H,2H2,1H3,(H2,14,16,17)(H2,15,18,19). The van der Waals surface area contributed by atoms with Gasteiger partial charge >= 0.3 is 6.03 Å². The molecule has 2 rings (SSSR count). The molecule has 19 heavy (non-hydrogen) atoms. The van der Waals surface area contributed by atoms with E-state index in [1.165, 1.54) is 6.33 Å². The van der Waals surface area contributed by atoms with Crippen molar-refractivity contribution < 1.29 is 4.79 Å². The zero-order valence-electron chi connectivity index (χ0n) is 10.6. The molecule has 4 N–H and O–H groups in total. The number of hydrogen-bond donors (Lipinski definition) is 3. The Hall–Kier alpha value is -2.63. The highest BCUT2D eigenvalue weighted by Crippen LogP contribution is 2.20. The van der Waals surface area contributed by atoms with E-state index >= 15 is 0 Å². The zero-order valence-corrected chi connectivity index (χ0v) is 10.6. The lowest BCUT2D eigenvalue weighted by Crippen LogP contribution is -2.28. The molecule has 1 aromatic heterocycles. The van der Waals surface area contributed by atoms with E-state index in [1.807, 2.05) is 31.2 Å². The lowest BCUT2D eigenvalue weighted by Gasteiger charge is -2.07. The van der Waals surface area contributed by atoms with Gasteiger partial charge in [0.25, 0.3) is 0 Å². The number of hydrogen-bond acceptors (Lipinski definition) is 4. The highest BCUT2D eigenvalue weighted by atomic mass is 16.2. The lowest BCUT2D eigenvalue weighted by atomic mass is 10.1. The van der Waals surface area contributed by atoms with Crippen LogP contribution in [0.2, 0.25) is 0 Å². The van der Waals surface area contributed by atoms with Gasteiger partial charge in [-0.05, 0) is 19.1 Å². The zero-order chi connectivity index (χ0) is 13.7. The number of nitrogen functional groups attached to an aromatic ring is 1. The molecular formula is C13H15N5O.